The fourth-order valence-corrected chi connectivity index (χ4v) is 2.39. The summed E-state index contributed by atoms with van der Waals surface area (Å²) in [5.74, 6) is -0.164. The van der Waals surface area contributed by atoms with Crippen molar-refractivity contribution in [3.63, 3.8) is 0 Å². The molecule has 18 heavy (non-hydrogen) atoms. The maximum Gasteiger partial charge on any atom is 0.309 e. The molecule has 0 bridgehead atoms. The highest BCUT2D eigenvalue weighted by atomic mass is 16.4. The molecule has 0 saturated carbocycles. The van der Waals surface area contributed by atoms with Crippen LogP contribution in [0, 0.1) is 5.41 Å². The predicted octanol–water partition coefficient (Wildman–Crippen LogP) is 4.04. The van der Waals surface area contributed by atoms with Crippen LogP contribution in [0.15, 0.2) is 34.7 Å². The third-order valence-electron chi connectivity index (χ3n) is 3.62. The van der Waals surface area contributed by atoms with Crippen LogP contribution in [0.1, 0.15) is 38.9 Å². The minimum Gasteiger partial charge on any atom is -0.481 e. The van der Waals surface area contributed by atoms with Crippen LogP contribution in [0.5, 0.6) is 0 Å². The van der Waals surface area contributed by atoms with E-state index >= 15 is 0 Å². The van der Waals surface area contributed by atoms with Crippen LogP contribution < -0.4 is 0 Å². The first kappa shape index (κ1) is 12.7. The molecule has 1 atom stereocenters. The van der Waals surface area contributed by atoms with Gasteiger partial charge in [0.15, 0.2) is 0 Å². The molecule has 1 aromatic heterocycles. The fraction of sp³-hybridized carbons (Fsp3) is 0.400. The lowest BCUT2D eigenvalue weighted by atomic mass is 9.76. The van der Waals surface area contributed by atoms with Crippen molar-refractivity contribution in [2.75, 3.05) is 0 Å². The Kier molecular flexibility index (Phi) is 3.16. The van der Waals surface area contributed by atoms with Gasteiger partial charge in [0.05, 0.1) is 5.41 Å². The molecule has 0 radical (unpaired) electrons. The molecule has 0 amide bonds. The summed E-state index contributed by atoms with van der Waals surface area (Å²) >= 11 is 0. The number of para-hydroxylation sites is 1. The van der Waals surface area contributed by atoms with Crippen molar-refractivity contribution in [3.05, 3.63) is 36.1 Å². The van der Waals surface area contributed by atoms with Crippen molar-refractivity contribution in [2.24, 2.45) is 5.41 Å². The van der Waals surface area contributed by atoms with E-state index in [1.165, 1.54) is 0 Å². The summed E-state index contributed by atoms with van der Waals surface area (Å²) in [7, 11) is 0. The largest absolute Gasteiger partial charge is 0.481 e. The predicted molar refractivity (Wildman–Crippen MR) is 70.7 cm³/mol. The summed E-state index contributed by atoms with van der Waals surface area (Å²) in [6.45, 7) is 5.48. The number of furan rings is 1. The lowest BCUT2D eigenvalue weighted by Gasteiger charge is -2.27. The maximum absolute atomic E-state index is 11.4. The molecule has 2 rings (SSSR count). The second-order valence-electron chi connectivity index (χ2n) is 5.17. The lowest BCUT2D eigenvalue weighted by Crippen LogP contribution is -2.30. The normalized spacial score (nSPS) is 13.7. The summed E-state index contributed by atoms with van der Waals surface area (Å²) < 4.78 is 5.79. The molecule has 0 saturated heterocycles. The van der Waals surface area contributed by atoms with Crippen LogP contribution in [0.3, 0.4) is 0 Å². The number of carboxylic acid groups (broad SMARTS) is 1. The molecule has 0 fully saturated rings. The van der Waals surface area contributed by atoms with Crippen molar-refractivity contribution in [3.8, 4) is 0 Å². The third kappa shape index (κ3) is 2.01. The zero-order valence-electron chi connectivity index (χ0n) is 10.9. The molecule has 0 aliphatic carbocycles. The molecule has 2 aromatic rings. The van der Waals surface area contributed by atoms with Crippen molar-refractivity contribution >= 4 is 16.9 Å². The molecule has 0 spiro atoms. The number of hydrogen-bond donors (Lipinski definition) is 1. The molecule has 1 N–H and O–H groups in total. The Hall–Kier alpha value is -1.77. The number of carboxylic acids is 1. The van der Waals surface area contributed by atoms with Gasteiger partial charge in [0.2, 0.25) is 0 Å². The van der Waals surface area contributed by atoms with E-state index < -0.39 is 11.4 Å². The van der Waals surface area contributed by atoms with Crippen LogP contribution in [0.4, 0.5) is 0 Å². The molecule has 0 aliphatic heterocycles. The Balaban J connectivity index is 2.47. The van der Waals surface area contributed by atoms with Gasteiger partial charge in [-0.1, -0.05) is 25.1 Å². The van der Waals surface area contributed by atoms with Gasteiger partial charge in [-0.2, -0.15) is 0 Å². The van der Waals surface area contributed by atoms with Crippen LogP contribution >= 0.6 is 0 Å². The smallest absolute Gasteiger partial charge is 0.309 e. The van der Waals surface area contributed by atoms with Gasteiger partial charge in [0, 0.05) is 11.3 Å². The number of hydrogen-bond acceptors (Lipinski definition) is 2. The van der Waals surface area contributed by atoms with E-state index in [1.54, 1.807) is 13.8 Å². The van der Waals surface area contributed by atoms with Crippen molar-refractivity contribution in [1.29, 1.82) is 0 Å². The van der Waals surface area contributed by atoms with Crippen molar-refractivity contribution in [1.82, 2.24) is 0 Å². The van der Waals surface area contributed by atoms with Gasteiger partial charge < -0.3 is 9.52 Å². The number of fused-ring (bicyclic) bond motifs is 1. The highest BCUT2D eigenvalue weighted by Crippen LogP contribution is 2.40. The zero-order chi connectivity index (χ0) is 13.3. The molecule has 0 aliphatic rings. The molecular weight excluding hydrogens is 228 g/mol. The summed E-state index contributed by atoms with van der Waals surface area (Å²) in [6.07, 6.45) is 0.735. The average molecular weight is 246 g/mol. The first-order valence-electron chi connectivity index (χ1n) is 6.18. The van der Waals surface area contributed by atoms with Gasteiger partial charge in [-0.3, -0.25) is 4.79 Å². The Morgan fingerprint density at radius 3 is 2.61 bits per heavy atom. The van der Waals surface area contributed by atoms with Gasteiger partial charge in [-0.15, -0.1) is 0 Å². The Bertz CT molecular complexity index is 533. The summed E-state index contributed by atoms with van der Waals surface area (Å²) in [4.78, 5) is 11.4. The van der Waals surface area contributed by atoms with E-state index in [4.69, 9.17) is 4.42 Å². The Morgan fingerprint density at radius 2 is 2.06 bits per heavy atom. The molecule has 1 aromatic carbocycles. The SMILES string of the molecule is CCC(c1cc2ccccc2o1)C(C)(C)C(=O)O. The first-order valence-corrected chi connectivity index (χ1v) is 6.18. The van der Waals surface area contributed by atoms with Gasteiger partial charge in [-0.05, 0) is 32.4 Å². The number of aliphatic carboxylic acids is 1. The van der Waals surface area contributed by atoms with Crippen LogP contribution in [0.25, 0.3) is 11.0 Å². The summed E-state index contributed by atoms with van der Waals surface area (Å²) in [6, 6.07) is 9.69. The van der Waals surface area contributed by atoms with Gasteiger partial charge in [0.25, 0.3) is 0 Å². The number of carbonyl (C=O) groups is 1. The van der Waals surface area contributed by atoms with Crippen LogP contribution in [-0.4, -0.2) is 11.1 Å². The molecule has 3 nitrogen and oxygen atoms in total. The third-order valence-corrected chi connectivity index (χ3v) is 3.62. The molecule has 3 heteroatoms. The molecule has 1 heterocycles. The second-order valence-corrected chi connectivity index (χ2v) is 5.17. The average Bonchev–Trinajstić information content (AvgIpc) is 2.72. The van der Waals surface area contributed by atoms with E-state index in [-0.39, 0.29) is 5.92 Å². The van der Waals surface area contributed by atoms with Gasteiger partial charge in [0.1, 0.15) is 11.3 Å². The van der Waals surface area contributed by atoms with E-state index in [1.807, 2.05) is 37.3 Å². The minimum absolute atomic E-state index is 0.123. The quantitative estimate of drug-likeness (QED) is 0.885. The van der Waals surface area contributed by atoms with E-state index in [9.17, 15) is 9.90 Å². The molecule has 96 valence electrons. The Labute approximate surface area is 106 Å². The topological polar surface area (TPSA) is 50.4 Å². The minimum atomic E-state index is -0.831. The molecule has 1 unspecified atom stereocenters. The first-order chi connectivity index (χ1) is 8.46. The van der Waals surface area contributed by atoms with Gasteiger partial charge in [-0.25, -0.2) is 0 Å². The number of benzene rings is 1. The van der Waals surface area contributed by atoms with Gasteiger partial charge >= 0.3 is 5.97 Å². The van der Waals surface area contributed by atoms with E-state index in [2.05, 4.69) is 0 Å². The fourth-order valence-electron chi connectivity index (χ4n) is 2.39. The lowest BCUT2D eigenvalue weighted by molar-refractivity contribution is -0.148. The highest BCUT2D eigenvalue weighted by molar-refractivity contribution is 5.79. The molecular formula is C15H18O3. The number of rotatable bonds is 4. The van der Waals surface area contributed by atoms with Crippen molar-refractivity contribution in [2.45, 2.75) is 33.1 Å². The second kappa shape index (κ2) is 4.48. The van der Waals surface area contributed by atoms with Crippen molar-refractivity contribution < 1.29 is 14.3 Å². The standard InChI is InChI=1S/C15H18O3/c1-4-11(15(2,3)14(16)17)13-9-10-7-5-6-8-12(10)18-13/h5-9,11H,4H2,1-3H3,(H,16,17). The summed E-state index contributed by atoms with van der Waals surface area (Å²) in [5.41, 5.74) is -0.0186. The van der Waals surface area contributed by atoms with E-state index in [0.29, 0.717) is 0 Å². The zero-order valence-corrected chi connectivity index (χ0v) is 10.9. The highest BCUT2D eigenvalue weighted by Gasteiger charge is 2.38. The summed E-state index contributed by atoms with van der Waals surface area (Å²) in [5, 5.41) is 10.4. The monoisotopic (exact) mass is 246 g/mol. The van der Waals surface area contributed by atoms with E-state index in [0.717, 1.165) is 23.2 Å². The Morgan fingerprint density at radius 1 is 1.39 bits per heavy atom. The maximum atomic E-state index is 11.4. The van der Waals surface area contributed by atoms with Crippen LogP contribution in [0.2, 0.25) is 0 Å². The van der Waals surface area contributed by atoms with Crippen LogP contribution in [-0.2, 0) is 4.79 Å².